The van der Waals surface area contributed by atoms with Gasteiger partial charge in [-0.1, -0.05) is 24.3 Å². The van der Waals surface area contributed by atoms with E-state index in [2.05, 4.69) is 5.10 Å². The third-order valence-corrected chi connectivity index (χ3v) is 4.15. The van der Waals surface area contributed by atoms with Gasteiger partial charge in [-0.3, -0.25) is 4.90 Å². The summed E-state index contributed by atoms with van der Waals surface area (Å²) < 4.78 is 39.3. The minimum atomic E-state index is -0.604. The molecule has 0 fully saturated rings. The first-order valence-corrected chi connectivity index (χ1v) is 8.75. The van der Waals surface area contributed by atoms with Crippen molar-refractivity contribution in [3.05, 3.63) is 76.5 Å². The van der Waals surface area contributed by atoms with E-state index in [0.717, 1.165) is 5.56 Å². The predicted molar refractivity (Wildman–Crippen MR) is 98.6 cm³/mol. The maximum Gasteiger partial charge on any atom is 0.288 e. The first kappa shape index (κ1) is 19.2. The molecule has 0 aliphatic rings. The number of hydrogen-bond donors (Lipinski definition) is 0. The Hall–Kier alpha value is -2.58. The summed E-state index contributed by atoms with van der Waals surface area (Å²) in [7, 11) is 1.89. The molecule has 0 spiro atoms. The summed E-state index contributed by atoms with van der Waals surface area (Å²) >= 11 is 5.21. The van der Waals surface area contributed by atoms with Gasteiger partial charge < -0.3 is 9.15 Å². The summed E-state index contributed by atoms with van der Waals surface area (Å²) in [6.45, 7) is 2.68. The molecular formula is C19H19F2N3O2S. The number of hydrogen-bond acceptors (Lipinski definition) is 5. The lowest BCUT2D eigenvalue weighted by Gasteiger charge is -2.16. The number of halogens is 2. The van der Waals surface area contributed by atoms with E-state index < -0.39 is 11.9 Å². The number of nitrogens with zero attached hydrogens (tertiary/aromatic N) is 3. The lowest BCUT2D eigenvalue weighted by Crippen LogP contribution is -2.22. The number of rotatable bonds is 7. The third kappa shape index (κ3) is 4.99. The van der Waals surface area contributed by atoms with E-state index in [1.54, 1.807) is 31.2 Å². The van der Waals surface area contributed by atoms with Crippen LogP contribution in [-0.2, 0) is 13.2 Å². The van der Waals surface area contributed by atoms with Crippen molar-refractivity contribution in [2.24, 2.45) is 0 Å². The van der Waals surface area contributed by atoms with Crippen molar-refractivity contribution in [2.45, 2.75) is 26.2 Å². The molecule has 0 saturated carbocycles. The highest BCUT2D eigenvalue weighted by Crippen LogP contribution is 2.23. The van der Waals surface area contributed by atoms with Crippen LogP contribution >= 0.6 is 12.2 Å². The van der Waals surface area contributed by atoms with Gasteiger partial charge in [0.15, 0.2) is 17.7 Å². The summed E-state index contributed by atoms with van der Waals surface area (Å²) in [5, 5.41) is 4.33. The molecule has 0 radical (unpaired) electrons. The number of ether oxygens (including phenoxy) is 1. The average Bonchev–Trinajstić information content (AvgIpc) is 2.99. The minimum Gasteiger partial charge on any atom is -0.478 e. The Labute approximate surface area is 160 Å². The molecule has 142 valence electrons. The van der Waals surface area contributed by atoms with Gasteiger partial charge in [-0.25, -0.2) is 13.5 Å². The van der Waals surface area contributed by atoms with Crippen molar-refractivity contribution in [3.8, 4) is 5.75 Å². The highest BCUT2D eigenvalue weighted by molar-refractivity contribution is 7.71. The Morgan fingerprint density at radius 1 is 1.19 bits per heavy atom. The fourth-order valence-corrected chi connectivity index (χ4v) is 2.72. The molecule has 5 nitrogen and oxygen atoms in total. The molecule has 0 saturated heterocycles. The Kier molecular flexibility index (Phi) is 5.98. The molecule has 1 atom stereocenters. The van der Waals surface area contributed by atoms with Crippen molar-refractivity contribution < 1.29 is 17.9 Å². The quantitative estimate of drug-likeness (QED) is 0.546. The molecule has 0 N–H and O–H groups in total. The highest BCUT2D eigenvalue weighted by atomic mass is 32.1. The van der Waals surface area contributed by atoms with Crippen LogP contribution in [0.5, 0.6) is 5.75 Å². The van der Waals surface area contributed by atoms with Crippen LogP contribution in [0, 0.1) is 16.5 Å². The highest BCUT2D eigenvalue weighted by Gasteiger charge is 2.17. The molecule has 0 aliphatic carbocycles. The second-order valence-corrected chi connectivity index (χ2v) is 6.53. The number of benzene rings is 2. The van der Waals surface area contributed by atoms with Gasteiger partial charge in [0.05, 0.1) is 6.67 Å². The van der Waals surface area contributed by atoms with Crippen molar-refractivity contribution >= 4 is 12.2 Å². The van der Waals surface area contributed by atoms with Crippen LogP contribution in [0.3, 0.4) is 0 Å². The normalized spacial score (nSPS) is 12.3. The SMILES string of the molecule is C[C@H](Oc1ccccc1F)c1nn(CN(C)Cc2ccc(F)cc2)c(=S)o1. The maximum atomic E-state index is 13.7. The van der Waals surface area contributed by atoms with E-state index in [9.17, 15) is 8.78 Å². The standard InChI is InChI=1S/C19H19F2N3O2S/c1-13(25-17-6-4-3-5-16(17)21)18-22-24(19(27)26-18)12-23(2)11-14-7-9-15(20)10-8-14/h3-10,13H,11-12H2,1-2H3/t13-/m0/s1. The molecule has 0 unspecified atom stereocenters. The number of aromatic nitrogens is 2. The fraction of sp³-hybridized carbons (Fsp3) is 0.263. The van der Waals surface area contributed by atoms with Gasteiger partial charge in [0, 0.05) is 6.54 Å². The van der Waals surface area contributed by atoms with Crippen LogP contribution in [0.4, 0.5) is 8.78 Å². The van der Waals surface area contributed by atoms with Crippen molar-refractivity contribution in [1.82, 2.24) is 14.7 Å². The molecule has 0 aliphatic heterocycles. The van der Waals surface area contributed by atoms with E-state index in [4.69, 9.17) is 21.4 Å². The topological polar surface area (TPSA) is 43.4 Å². The van der Waals surface area contributed by atoms with Gasteiger partial charge in [-0.2, -0.15) is 0 Å². The molecule has 3 aromatic rings. The van der Waals surface area contributed by atoms with Crippen molar-refractivity contribution in [1.29, 1.82) is 0 Å². The largest absolute Gasteiger partial charge is 0.478 e. The van der Waals surface area contributed by atoms with Gasteiger partial charge in [0.1, 0.15) is 5.82 Å². The molecule has 2 aromatic carbocycles. The summed E-state index contributed by atoms with van der Waals surface area (Å²) in [5.41, 5.74) is 0.963. The molecule has 8 heteroatoms. The van der Waals surface area contributed by atoms with E-state index in [-0.39, 0.29) is 22.3 Å². The fourth-order valence-electron chi connectivity index (χ4n) is 2.54. The average molecular weight is 391 g/mol. The molecule has 0 amide bonds. The molecule has 1 heterocycles. The van der Waals surface area contributed by atoms with Crippen LogP contribution in [0.25, 0.3) is 0 Å². The molecule has 0 bridgehead atoms. The van der Waals surface area contributed by atoms with Crippen LogP contribution in [0.15, 0.2) is 52.9 Å². The first-order valence-electron chi connectivity index (χ1n) is 8.34. The Bertz CT molecular complexity index is 956. The molecule has 3 rings (SSSR count). The molecule has 1 aromatic heterocycles. The van der Waals surface area contributed by atoms with Crippen LogP contribution in [0.1, 0.15) is 24.5 Å². The van der Waals surface area contributed by atoms with Gasteiger partial charge in [0.2, 0.25) is 0 Å². The van der Waals surface area contributed by atoms with Crippen molar-refractivity contribution in [3.63, 3.8) is 0 Å². The van der Waals surface area contributed by atoms with Gasteiger partial charge >= 0.3 is 0 Å². The zero-order valence-electron chi connectivity index (χ0n) is 14.9. The minimum absolute atomic E-state index is 0.120. The number of para-hydroxylation sites is 1. The zero-order valence-corrected chi connectivity index (χ0v) is 15.7. The summed E-state index contributed by atoms with van der Waals surface area (Å²) in [4.78, 5) is 2.15. The summed E-state index contributed by atoms with van der Waals surface area (Å²) in [5.74, 6) is -0.345. The van der Waals surface area contributed by atoms with Crippen LogP contribution in [-0.4, -0.2) is 21.7 Å². The monoisotopic (exact) mass is 391 g/mol. The second kappa shape index (κ2) is 8.41. The van der Waals surface area contributed by atoms with Gasteiger partial charge in [0.25, 0.3) is 10.7 Å². The van der Waals surface area contributed by atoms with Crippen LogP contribution in [0.2, 0.25) is 0 Å². The maximum absolute atomic E-state index is 13.7. The molecular weight excluding hydrogens is 372 g/mol. The van der Waals surface area contributed by atoms with E-state index in [0.29, 0.717) is 13.2 Å². The summed E-state index contributed by atoms with van der Waals surface area (Å²) in [6, 6.07) is 12.4. The lowest BCUT2D eigenvalue weighted by molar-refractivity contribution is 0.179. The van der Waals surface area contributed by atoms with Crippen molar-refractivity contribution in [2.75, 3.05) is 7.05 Å². The van der Waals surface area contributed by atoms with E-state index in [1.807, 2.05) is 11.9 Å². The Morgan fingerprint density at radius 2 is 1.89 bits per heavy atom. The second-order valence-electron chi connectivity index (χ2n) is 6.18. The lowest BCUT2D eigenvalue weighted by atomic mass is 10.2. The Balaban J connectivity index is 1.65. The first-order chi connectivity index (χ1) is 12.9. The predicted octanol–water partition coefficient (Wildman–Crippen LogP) is 4.71. The van der Waals surface area contributed by atoms with E-state index in [1.165, 1.54) is 28.9 Å². The van der Waals surface area contributed by atoms with Gasteiger partial charge in [-0.15, -0.1) is 5.10 Å². The van der Waals surface area contributed by atoms with E-state index >= 15 is 0 Å². The van der Waals surface area contributed by atoms with Crippen LogP contribution < -0.4 is 4.74 Å². The van der Waals surface area contributed by atoms with Gasteiger partial charge in [-0.05, 0) is 56.0 Å². The third-order valence-electron chi connectivity index (χ3n) is 3.85. The summed E-state index contributed by atoms with van der Waals surface area (Å²) in [6.07, 6.45) is -0.604. The smallest absolute Gasteiger partial charge is 0.288 e. The Morgan fingerprint density at radius 3 is 2.59 bits per heavy atom. The zero-order chi connectivity index (χ0) is 19.4. The molecule has 27 heavy (non-hydrogen) atoms.